The van der Waals surface area contributed by atoms with Crippen LogP contribution < -0.4 is 0 Å². The van der Waals surface area contributed by atoms with Crippen LogP contribution in [0.4, 0.5) is 13.2 Å². The molecule has 0 aromatic rings. The highest BCUT2D eigenvalue weighted by molar-refractivity contribution is 7.87. The first-order chi connectivity index (χ1) is 5.93. The molecule has 13 heavy (non-hydrogen) atoms. The molecule has 1 saturated heterocycles. The minimum absolute atomic E-state index is 0.307. The first kappa shape index (κ1) is 10.7. The van der Waals surface area contributed by atoms with Crippen molar-refractivity contribution in [1.82, 2.24) is 0 Å². The zero-order valence-corrected chi connectivity index (χ0v) is 7.14. The molecule has 1 heterocycles. The summed E-state index contributed by atoms with van der Waals surface area (Å²) in [4.78, 5) is 0. The molecule has 1 rings (SSSR count). The summed E-state index contributed by atoms with van der Waals surface area (Å²) in [6.45, 7) is -0.101. The predicted octanol–water partition coefficient (Wildman–Crippen LogP) is 0.292. The molecule has 78 valence electrons. The molecule has 4 nitrogen and oxygen atoms in total. The van der Waals surface area contributed by atoms with Crippen LogP contribution in [0.3, 0.4) is 0 Å². The van der Waals surface area contributed by atoms with Crippen molar-refractivity contribution in [3.05, 3.63) is 0 Å². The Balaban J connectivity index is 2.43. The van der Waals surface area contributed by atoms with E-state index in [2.05, 4.69) is 8.92 Å². The Morgan fingerprint density at radius 2 is 2.00 bits per heavy atom. The third kappa shape index (κ3) is 3.12. The minimum Gasteiger partial charge on any atom is -0.371 e. The first-order valence-electron chi connectivity index (χ1n) is 3.35. The third-order valence-electron chi connectivity index (χ3n) is 1.29. The van der Waals surface area contributed by atoms with Crippen molar-refractivity contribution in [2.75, 3.05) is 13.2 Å². The molecule has 0 aromatic heterocycles. The van der Waals surface area contributed by atoms with Crippen LogP contribution in [0.5, 0.6) is 0 Å². The molecule has 1 aliphatic rings. The molecule has 8 heteroatoms. The van der Waals surface area contributed by atoms with E-state index in [1.54, 1.807) is 0 Å². The molecule has 0 amide bonds. The fourth-order valence-corrected chi connectivity index (χ4v) is 1.25. The highest BCUT2D eigenvalue weighted by Gasteiger charge is 2.37. The second kappa shape index (κ2) is 3.81. The molecule has 2 atom stereocenters. The van der Waals surface area contributed by atoms with Crippen LogP contribution >= 0.6 is 0 Å². The Hall–Kier alpha value is -0.340. The standard InChI is InChI=1S/C5H7F3O4S/c6-4(7)5(8)13(9,10)12-2-3-1-11-3/h3-5H,1-2H2. The smallest absolute Gasteiger partial charge is 0.306 e. The summed E-state index contributed by atoms with van der Waals surface area (Å²) < 4.78 is 65.1. The monoisotopic (exact) mass is 220 g/mol. The summed E-state index contributed by atoms with van der Waals surface area (Å²) in [5, 5.41) is 0. The summed E-state index contributed by atoms with van der Waals surface area (Å²) in [6, 6.07) is 0. The van der Waals surface area contributed by atoms with Gasteiger partial charge in [-0.2, -0.15) is 8.42 Å². The van der Waals surface area contributed by atoms with Crippen LogP contribution in [0.1, 0.15) is 0 Å². The number of rotatable bonds is 5. The number of alkyl halides is 3. The summed E-state index contributed by atoms with van der Waals surface area (Å²) >= 11 is 0. The zero-order chi connectivity index (χ0) is 10.1. The lowest BCUT2D eigenvalue weighted by Gasteiger charge is -2.07. The molecule has 0 N–H and O–H groups in total. The average Bonchev–Trinajstić information content (AvgIpc) is 2.82. The molecule has 2 unspecified atom stereocenters. The SMILES string of the molecule is O=S(=O)(OCC1CO1)C(F)C(F)F. The van der Waals surface area contributed by atoms with Crippen LogP contribution in [0.2, 0.25) is 0 Å². The molecular formula is C5H7F3O4S. The van der Waals surface area contributed by atoms with Crippen LogP contribution in [0, 0.1) is 0 Å². The molecule has 0 saturated carbocycles. The van der Waals surface area contributed by atoms with E-state index in [1.807, 2.05) is 0 Å². The summed E-state index contributed by atoms with van der Waals surface area (Å²) in [7, 11) is -4.81. The summed E-state index contributed by atoms with van der Waals surface area (Å²) in [5.74, 6) is 0. The maximum Gasteiger partial charge on any atom is 0.306 e. The van der Waals surface area contributed by atoms with Gasteiger partial charge >= 0.3 is 10.1 Å². The van der Waals surface area contributed by atoms with Gasteiger partial charge in [0.25, 0.3) is 11.9 Å². The molecule has 0 aliphatic carbocycles. The first-order valence-corrected chi connectivity index (χ1v) is 4.82. The van der Waals surface area contributed by atoms with Gasteiger partial charge in [0.05, 0.1) is 13.2 Å². The summed E-state index contributed by atoms with van der Waals surface area (Å²) in [6.07, 6.45) is -4.01. The molecular weight excluding hydrogens is 213 g/mol. The van der Waals surface area contributed by atoms with E-state index in [4.69, 9.17) is 0 Å². The lowest BCUT2D eigenvalue weighted by molar-refractivity contribution is 0.0819. The Morgan fingerprint density at radius 3 is 2.38 bits per heavy atom. The van der Waals surface area contributed by atoms with E-state index in [-0.39, 0.29) is 0 Å². The lowest BCUT2D eigenvalue weighted by atomic mass is 10.5. The molecule has 0 spiro atoms. The average molecular weight is 220 g/mol. The van der Waals surface area contributed by atoms with Crippen molar-refractivity contribution in [3.8, 4) is 0 Å². The maximum atomic E-state index is 12.3. The van der Waals surface area contributed by atoms with Crippen LogP contribution in [-0.4, -0.2) is 39.7 Å². The largest absolute Gasteiger partial charge is 0.371 e. The van der Waals surface area contributed by atoms with Gasteiger partial charge in [-0.1, -0.05) is 0 Å². The van der Waals surface area contributed by atoms with E-state index in [0.29, 0.717) is 6.61 Å². The quantitative estimate of drug-likeness (QED) is 0.493. The van der Waals surface area contributed by atoms with Gasteiger partial charge in [0.1, 0.15) is 6.10 Å². The predicted molar refractivity (Wildman–Crippen MR) is 35.5 cm³/mol. The fourth-order valence-electron chi connectivity index (χ4n) is 0.526. The van der Waals surface area contributed by atoms with E-state index >= 15 is 0 Å². The summed E-state index contributed by atoms with van der Waals surface area (Å²) in [5.41, 5.74) is -3.29. The number of epoxide rings is 1. The van der Waals surface area contributed by atoms with E-state index in [0.717, 1.165) is 0 Å². The number of halogens is 3. The lowest BCUT2D eigenvalue weighted by Crippen LogP contribution is -2.27. The molecule has 1 aliphatic heterocycles. The van der Waals surface area contributed by atoms with Crippen molar-refractivity contribution < 1.29 is 30.5 Å². The van der Waals surface area contributed by atoms with Gasteiger partial charge in [0.2, 0.25) is 0 Å². The third-order valence-corrected chi connectivity index (χ3v) is 2.52. The Labute approximate surface area is 72.8 Å². The van der Waals surface area contributed by atoms with E-state index < -0.39 is 34.8 Å². The van der Waals surface area contributed by atoms with Gasteiger partial charge in [-0.05, 0) is 0 Å². The van der Waals surface area contributed by atoms with Crippen molar-refractivity contribution in [3.63, 3.8) is 0 Å². The van der Waals surface area contributed by atoms with Crippen molar-refractivity contribution in [1.29, 1.82) is 0 Å². The topological polar surface area (TPSA) is 55.9 Å². The highest BCUT2D eigenvalue weighted by Crippen LogP contribution is 2.17. The van der Waals surface area contributed by atoms with Gasteiger partial charge in [-0.3, -0.25) is 4.18 Å². The normalized spacial score (nSPS) is 24.8. The Kier molecular flexibility index (Phi) is 3.14. The van der Waals surface area contributed by atoms with Crippen LogP contribution in [-0.2, 0) is 19.0 Å². The number of hydrogen-bond acceptors (Lipinski definition) is 4. The van der Waals surface area contributed by atoms with Gasteiger partial charge in [-0.15, -0.1) is 0 Å². The minimum atomic E-state index is -4.81. The van der Waals surface area contributed by atoms with Crippen molar-refractivity contribution in [2.24, 2.45) is 0 Å². The number of hydrogen-bond donors (Lipinski definition) is 0. The fraction of sp³-hybridized carbons (Fsp3) is 1.00. The molecule has 0 aromatic carbocycles. The molecule has 0 radical (unpaired) electrons. The van der Waals surface area contributed by atoms with E-state index in [1.165, 1.54) is 0 Å². The maximum absolute atomic E-state index is 12.3. The van der Waals surface area contributed by atoms with Crippen molar-refractivity contribution in [2.45, 2.75) is 18.0 Å². The Bertz CT molecular complexity index is 261. The van der Waals surface area contributed by atoms with Gasteiger partial charge in [-0.25, -0.2) is 13.2 Å². The number of ether oxygens (including phenoxy) is 1. The second-order valence-electron chi connectivity index (χ2n) is 2.42. The van der Waals surface area contributed by atoms with Crippen LogP contribution in [0.15, 0.2) is 0 Å². The Morgan fingerprint density at radius 1 is 1.46 bits per heavy atom. The zero-order valence-electron chi connectivity index (χ0n) is 6.32. The van der Waals surface area contributed by atoms with Crippen molar-refractivity contribution >= 4 is 10.1 Å². The van der Waals surface area contributed by atoms with E-state index in [9.17, 15) is 21.6 Å². The van der Waals surface area contributed by atoms with Gasteiger partial charge in [0.15, 0.2) is 0 Å². The second-order valence-corrected chi connectivity index (χ2v) is 4.09. The van der Waals surface area contributed by atoms with Gasteiger partial charge < -0.3 is 4.74 Å². The van der Waals surface area contributed by atoms with Gasteiger partial charge in [0, 0.05) is 0 Å². The van der Waals surface area contributed by atoms with Crippen LogP contribution in [0.25, 0.3) is 0 Å². The molecule has 1 fully saturated rings. The highest BCUT2D eigenvalue weighted by atomic mass is 32.2. The molecule has 0 bridgehead atoms.